The van der Waals surface area contributed by atoms with Gasteiger partial charge in [-0.3, -0.25) is 14.4 Å². The molecule has 0 saturated carbocycles. The van der Waals surface area contributed by atoms with Gasteiger partial charge in [0.15, 0.2) is 5.78 Å². The van der Waals surface area contributed by atoms with Crippen molar-refractivity contribution in [2.45, 2.75) is 32.6 Å². The molecule has 1 aromatic carbocycles. The molecular formula is C16H21NO4. The molecule has 1 N–H and O–H groups in total. The first-order valence-corrected chi connectivity index (χ1v) is 7.02. The number of carboxylic acid groups (broad SMARTS) is 1. The number of ketones is 1. The number of carbonyl (C=O) groups excluding carboxylic acids is 2. The number of Topliss-reactive ketones (excluding diaryl/α,β-unsaturated/α-hetero) is 1. The van der Waals surface area contributed by atoms with Crippen LogP contribution < -0.4 is 0 Å². The maximum atomic E-state index is 12.0. The molecule has 21 heavy (non-hydrogen) atoms. The number of aryl methyl sites for hydroxylation is 1. The summed E-state index contributed by atoms with van der Waals surface area (Å²) in [5, 5.41) is 8.56. The minimum Gasteiger partial charge on any atom is -0.481 e. The van der Waals surface area contributed by atoms with Crippen LogP contribution in [0.3, 0.4) is 0 Å². The Morgan fingerprint density at radius 1 is 1.05 bits per heavy atom. The number of nitrogens with zero attached hydrogens (tertiary/aromatic N) is 1. The third-order valence-corrected chi connectivity index (χ3v) is 3.34. The molecule has 0 aromatic heterocycles. The summed E-state index contributed by atoms with van der Waals surface area (Å²) >= 11 is 0. The van der Waals surface area contributed by atoms with E-state index in [-0.39, 0.29) is 37.5 Å². The highest BCUT2D eigenvalue weighted by Crippen LogP contribution is 2.09. The highest BCUT2D eigenvalue weighted by molar-refractivity contribution is 5.97. The molecule has 1 rings (SSSR count). The summed E-state index contributed by atoms with van der Waals surface area (Å²) in [6.45, 7) is 2.20. The fourth-order valence-electron chi connectivity index (χ4n) is 1.87. The third-order valence-electron chi connectivity index (χ3n) is 3.34. The number of carbonyl (C=O) groups is 3. The quantitative estimate of drug-likeness (QED) is 0.745. The second-order valence-electron chi connectivity index (χ2n) is 4.93. The van der Waals surface area contributed by atoms with Crippen LogP contribution in [0.15, 0.2) is 24.3 Å². The van der Waals surface area contributed by atoms with Gasteiger partial charge in [0.1, 0.15) is 0 Å². The lowest BCUT2D eigenvalue weighted by molar-refractivity contribution is -0.138. The summed E-state index contributed by atoms with van der Waals surface area (Å²) in [6, 6.07) is 7.38. The van der Waals surface area contributed by atoms with E-state index in [1.807, 2.05) is 19.1 Å². The number of amides is 1. The van der Waals surface area contributed by atoms with Gasteiger partial charge in [0, 0.05) is 32.0 Å². The zero-order valence-electron chi connectivity index (χ0n) is 12.5. The van der Waals surface area contributed by atoms with E-state index >= 15 is 0 Å². The monoisotopic (exact) mass is 291 g/mol. The molecule has 0 aliphatic carbocycles. The molecule has 0 fully saturated rings. The minimum atomic E-state index is -0.943. The Morgan fingerprint density at radius 2 is 1.67 bits per heavy atom. The molecule has 0 aliphatic rings. The van der Waals surface area contributed by atoms with Crippen LogP contribution in [0.1, 0.15) is 42.1 Å². The Hall–Kier alpha value is -2.17. The molecule has 5 heteroatoms. The molecule has 1 aromatic rings. The van der Waals surface area contributed by atoms with Gasteiger partial charge in [0.25, 0.3) is 0 Å². The molecule has 1 amide bonds. The average Bonchev–Trinajstić information content (AvgIpc) is 2.49. The highest BCUT2D eigenvalue weighted by Gasteiger charge is 2.13. The molecule has 0 heterocycles. The van der Waals surface area contributed by atoms with Crippen LogP contribution in [-0.4, -0.2) is 41.3 Å². The molecule has 0 saturated heterocycles. The number of aliphatic carboxylic acids is 1. The number of hydrogen-bond acceptors (Lipinski definition) is 3. The molecule has 0 bridgehead atoms. The molecule has 0 unspecified atom stereocenters. The molecule has 5 nitrogen and oxygen atoms in total. The van der Waals surface area contributed by atoms with Gasteiger partial charge in [-0.15, -0.1) is 0 Å². The Morgan fingerprint density at radius 3 is 2.19 bits per heavy atom. The second kappa shape index (κ2) is 8.19. The van der Waals surface area contributed by atoms with Crippen LogP contribution in [0, 0.1) is 0 Å². The SMILES string of the molecule is CCc1ccc(C(=O)CCC(=O)N(C)CCC(=O)O)cc1. The Labute approximate surface area is 124 Å². The molecule has 0 radical (unpaired) electrons. The summed E-state index contributed by atoms with van der Waals surface area (Å²) in [6.07, 6.45) is 1.07. The van der Waals surface area contributed by atoms with E-state index in [9.17, 15) is 14.4 Å². The number of carboxylic acids is 1. The fourth-order valence-corrected chi connectivity index (χ4v) is 1.87. The van der Waals surface area contributed by atoms with Crippen molar-refractivity contribution in [1.29, 1.82) is 0 Å². The van der Waals surface area contributed by atoms with Crippen molar-refractivity contribution in [3.8, 4) is 0 Å². The lowest BCUT2D eigenvalue weighted by Gasteiger charge is -2.15. The van der Waals surface area contributed by atoms with Crippen LogP contribution in [0.4, 0.5) is 0 Å². The summed E-state index contributed by atoms with van der Waals surface area (Å²) in [5.74, 6) is -1.23. The van der Waals surface area contributed by atoms with E-state index in [1.54, 1.807) is 19.2 Å². The normalized spacial score (nSPS) is 10.2. The van der Waals surface area contributed by atoms with Crippen LogP contribution in [0.5, 0.6) is 0 Å². The summed E-state index contributed by atoms with van der Waals surface area (Å²) in [5.41, 5.74) is 1.77. The van der Waals surface area contributed by atoms with E-state index in [0.717, 1.165) is 12.0 Å². The molecular weight excluding hydrogens is 270 g/mol. The highest BCUT2D eigenvalue weighted by atomic mass is 16.4. The van der Waals surface area contributed by atoms with E-state index in [0.29, 0.717) is 5.56 Å². The lowest BCUT2D eigenvalue weighted by atomic mass is 10.0. The largest absolute Gasteiger partial charge is 0.481 e. The zero-order chi connectivity index (χ0) is 15.8. The van der Waals surface area contributed by atoms with Crippen molar-refractivity contribution in [2.24, 2.45) is 0 Å². The zero-order valence-corrected chi connectivity index (χ0v) is 12.5. The van der Waals surface area contributed by atoms with E-state index in [1.165, 1.54) is 4.90 Å². The van der Waals surface area contributed by atoms with Gasteiger partial charge in [-0.2, -0.15) is 0 Å². The molecule has 0 aliphatic heterocycles. The standard InChI is InChI=1S/C16H21NO4/c1-3-12-4-6-13(7-5-12)14(18)8-9-15(19)17(2)11-10-16(20)21/h4-7H,3,8-11H2,1-2H3,(H,20,21). The van der Waals surface area contributed by atoms with E-state index < -0.39 is 5.97 Å². The maximum Gasteiger partial charge on any atom is 0.305 e. The van der Waals surface area contributed by atoms with Gasteiger partial charge >= 0.3 is 5.97 Å². The predicted molar refractivity (Wildman–Crippen MR) is 79.3 cm³/mol. The number of hydrogen-bond donors (Lipinski definition) is 1. The predicted octanol–water partition coefficient (Wildman–Crippen LogP) is 2.15. The van der Waals surface area contributed by atoms with Crippen molar-refractivity contribution >= 4 is 17.7 Å². The third kappa shape index (κ3) is 5.77. The smallest absolute Gasteiger partial charge is 0.305 e. The van der Waals surface area contributed by atoms with Crippen molar-refractivity contribution in [2.75, 3.05) is 13.6 Å². The first kappa shape index (κ1) is 16.9. The maximum absolute atomic E-state index is 12.0. The summed E-state index contributed by atoms with van der Waals surface area (Å²) in [4.78, 5) is 35.5. The topological polar surface area (TPSA) is 74.7 Å². The Balaban J connectivity index is 2.44. The van der Waals surface area contributed by atoms with Crippen molar-refractivity contribution in [3.63, 3.8) is 0 Å². The van der Waals surface area contributed by atoms with Gasteiger partial charge in [-0.25, -0.2) is 0 Å². The van der Waals surface area contributed by atoms with Gasteiger partial charge in [-0.1, -0.05) is 31.2 Å². The molecule has 0 spiro atoms. The van der Waals surface area contributed by atoms with Crippen molar-refractivity contribution < 1.29 is 19.5 Å². The lowest BCUT2D eigenvalue weighted by Crippen LogP contribution is -2.29. The van der Waals surface area contributed by atoms with Gasteiger partial charge < -0.3 is 10.0 Å². The number of benzene rings is 1. The number of rotatable bonds is 8. The minimum absolute atomic E-state index is 0.0716. The Kier molecular flexibility index (Phi) is 6.59. The van der Waals surface area contributed by atoms with Crippen molar-refractivity contribution in [3.05, 3.63) is 35.4 Å². The first-order valence-electron chi connectivity index (χ1n) is 7.02. The summed E-state index contributed by atoms with van der Waals surface area (Å²) < 4.78 is 0. The van der Waals surface area contributed by atoms with Crippen molar-refractivity contribution in [1.82, 2.24) is 4.90 Å². The first-order chi connectivity index (χ1) is 9.93. The van der Waals surface area contributed by atoms with Crippen LogP contribution in [0.25, 0.3) is 0 Å². The van der Waals surface area contributed by atoms with Crippen LogP contribution in [-0.2, 0) is 16.0 Å². The second-order valence-corrected chi connectivity index (χ2v) is 4.93. The molecule has 114 valence electrons. The Bertz CT molecular complexity index is 508. The van der Waals surface area contributed by atoms with E-state index in [2.05, 4.69) is 0 Å². The van der Waals surface area contributed by atoms with Gasteiger partial charge in [0.05, 0.1) is 6.42 Å². The van der Waals surface area contributed by atoms with Gasteiger partial charge in [-0.05, 0) is 12.0 Å². The fraction of sp³-hybridized carbons (Fsp3) is 0.438. The van der Waals surface area contributed by atoms with Gasteiger partial charge in [0.2, 0.25) is 5.91 Å². The summed E-state index contributed by atoms with van der Waals surface area (Å²) in [7, 11) is 1.55. The van der Waals surface area contributed by atoms with E-state index in [4.69, 9.17) is 5.11 Å². The van der Waals surface area contributed by atoms with Crippen LogP contribution >= 0.6 is 0 Å². The average molecular weight is 291 g/mol. The molecule has 0 atom stereocenters. The van der Waals surface area contributed by atoms with Crippen LogP contribution in [0.2, 0.25) is 0 Å².